The van der Waals surface area contributed by atoms with E-state index in [0.29, 0.717) is 49.5 Å². The second kappa shape index (κ2) is 8.70. The standard InChI is InChI=1S/C26H28N6O2/c1-30-18-32(20-7-3-2-4-8-20)26(25(30)34)13-15-31(16-14-26)23-12-11-19(17-28-23)24(33)29-22-10-6-5-9-21(22)27/h2-12,17H,13-16,18,27H2,1H3,(H,29,33). The van der Waals surface area contributed by atoms with E-state index in [9.17, 15) is 9.59 Å². The van der Waals surface area contributed by atoms with Crippen molar-refractivity contribution in [3.05, 3.63) is 78.5 Å². The molecule has 174 valence electrons. The summed E-state index contributed by atoms with van der Waals surface area (Å²) >= 11 is 0. The maximum Gasteiger partial charge on any atom is 0.257 e. The molecule has 8 heteroatoms. The average Bonchev–Trinajstić information content (AvgIpc) is 3.11. The van der Waals surface area contributed by atoms with Crippen molar-refractivity contribution in [3.63, 3.8) is 0 Å². The van der Waals surface area contributed by atoms with Crippen LogP contribution in [0.5, 0.6) is 0 Å². The number of aromatic nitrogens is 1. The lowest BCUT2D eigenvalue weighted by molar-refractivity contribution is -0.131. The van der Waals surface area contributed by atoms with E-state index in [4.69, 9.17) is 5.73 Å². The number of nitrogens with one attached hydrogen (secondary N) is 1. The zero-order chi connectivity index (χ0) is 23.7. The van der Waals surface area contributed by atoms with Crippen molar-refractivity contribution in [1.29, 1.82) is 0 Å². The second-order valence-electron chi connectivity index (χ2n) is 8.87. The van der Waals surface area contributed by atoms with Crippen LogP contribution in [0.4, 0.5) is 22.9 Å². The molecule has 34 heavy (non-hydrogen) atoms. The van der Waals surface area contributed by atoms with Gasteiger partial charge in [-0.25, -0.2) is 4.98 Å². The highest BCUT2D eigenvalue weighted by atomic mass is 16.2. The number of anilines is 4. The van der Waals surface area contributed by atoms with Gasteiger partial charge in [0.1, 0.15) is 11.4 Å². The zero-order valence-corrected chi connectivity index (χ0v) is 19.1. The second-order valence-corrected chi connectivity index (χ2v) is 8.87. The molecule has 8 nitrogen and oxygen atoms in total. The summed E-state index contributed by atoms with van der Waals surface area (Å²) in [5, 5.41) is 2.82. The van der Waals surface area contributed by atoms with E-state index in [1.807, 2.05) is 48.3 Å². The summed E-state index contributed by atoms with van der Waals surface area (Å²) in [6, 6.07) is 20.9. The fourth-order valence-electron chi connectivity index (χ4n) is 4.92. The number of nitrogens with zero attached hydrogens (tertiary/aromatic N) is 4. The molecule has 1 aromatic heterocycles. The number of piperidine rings is 1. The van der Waals surface area contributed by atoms with E-state index < -0.39 is 5.54 Å². The summed E-state index contributed by atoms with van der Waals surface area (Å²) in [4.78, 5) is 36.6. The van der Waals surface area contributed by atoms with Gasteiger partial charge in [-0.2, -0.15) is 0 Å². The highest BCUT2D eigenvalue weighted by Gasteiger charge is 2.52. The fraction of sp³-hybridized carbons (Fsp3) is 0.269. The molecule has 3 aromatic rings. The molecule has 1 spiro atoms. The number of benzene rings is 2. The molecule has 3 N–H and O–H groups in total. The number of para-hydroxylation sites is 3. The maximum atomic E-state index is 13.2. The summed E-state index contributed by atoms with van der Waals surface area (Å²) in [6.07, 6.45) is 3.00. The first kappa shape index (κ1) is 21.8. The van der Waals surface area contributed by atoms with Gasteiger partial charge in [-0.15, -0.1) is 0 Å². The highest BCUT2D eigenvalue weighted by Crippen LogP contribution is 2.39. The lowest BCUT2D eigenvalue weighted by atomic mass is 9.85. The number of nitrogens with two attached hydrogens (primary N) is 1. The summed E-state index contributed by atoms with van der Waals surface area (Å²) in [5.74, 6) is 0.722. The normalized spacial score (nSPS) is 17.3. The predicted molar refractivity (Wildman–Crippen MR) is 134 cm³/mol. The molecule has 0 radical (unpaired) electrons. The fourth-order valence-corrected chi connectivity index (χ4v) is 4.92. The van der Waals surface area contributed by atoms with Crippen molar-refractivity contribution in [3.8, 4) is 0 Å². The smallest absolute Gasteiger partial charge is 0.257 e. The van der Waals surface area contributed by atoms with Crippen LogP contribution < -0.4 is 20.9 Å². The van der Waals surface area contributed by atoms with Crippen LogP contribution >= 0.6 is 0 Å². The number of hydrogen-bond donors (Lipinski definition) is 2. The molecule has 0 bridgehead atoms. The van der Waals surface area contributed by atoms with E-state index in [1.54, 1.807) is 24.4 Å². The van der Waals surface area contributed by atoms with Gasteiger partial charge in [0, 0.05) is 32.0 Å². The van der Waals surface area contributed by atoms with E-state index >= 15 is 0 Å². The van der Waals surface area contributed by atoms with Gasteiger partial charge in [0.25, 0.3) is 5.91 Å². The Bertz CT molecular complexity index is 1190. The first-order valence-corrected chi connectivity index (χ1v) is 11.4. The van der Waals surface area contributed by atoms with Gasteiger partial charge in [0.15, 0.2) is 0 Å². The van der Waals surface area contributed by atoms with Crippen LogP contribution in [0, 0.1) is 0 Å². The van der Waals surface area contributed by atoms with Crippen molar-refractivity contribution >= 4 is 34.7 Å². The number of nitrogen functional groups attached to an aromatic ring is 1. The van der Waals surface area contributed by atoms with Crippen LogP contribution in [0.2, 0.25) is 0 Å². The molecule has 2 aliphatic heterocycles. The molecular formula is C26H28N6O2. The van der Waals surface area contributed by atoms with E-state index in [1.165, 1.54) is 0 Å². The van der Waals surface area contributed by atoms with Crippen molar-refractivity contribution in [2.75, 3.05) is 47.7 Å². The molecule has 0 unspecified atom stereocenters. The molecule has 0 saturated carbocycles. The van der Waals surface area contributed by atoms with Gasteiger partial charge in [-0.3, -0.25) is 9.59 Å². The molecule has 2 aromatic carbocycles. The van der Waals surface area contributed by atoms with Crippen LogP contribution in [-0.4, -0.2) is 54.0 Å². The van der Waals surface area contributed by atoms with E-state index in [0.717, 1.165) is 11.5 Å². The molecule has 2 aliphatic rings. The SMILES string of the molecule is CN1CN(c2ccccc2)C2(CCN(c3ccc(C(=O)Nc4ccccc4N)cn3)CC2)C1=O. The molecule has 3 heterocycles. The summed E-state index contributed by atoms with van der Waals surface area (Å²) in [5.41, 5.74) is 8.01. The average molecular weight is 457 g/mol. The van der Waals surface area contributed by atoms with Crippen molar-refractivity contribution in [2.24, 2.45) is 0 Å². The topological polar surface area (TPSA) is 94.8 Å². The Morgan fingerprint density at radius 3 is 2.38 bits per heavy atom. The lowest BCUT2D eigenvalue weighted by Gasteiger charge is -2.43. The van der Waals surface area contributed by atoms with Gasteiger partial charge in [0.05, 0.1) is 23.6 Å². The summed E-state index contributed by atoms with van der Waals surface area (Å²) in [7, 11) is 1.87. The lowest BCUT2D eigenvalue weighted by Crippen LogP contribution is -2.56. The molecule has 0 atom stereocenters. The van der Waals surface area contributed by atoms with Gasteiger partial charge >= 0.3 is 0 Å². The summed E-state index contributed by atoms with van der Waals surface area (Å²) in [6.45, 7) is 2.01. The van der Waals surface area contributed by atoms with Crippen molar-refractivity contribution in [1.82, 2.24) is 9.88 Å². The minimum Gasteiger partial charge on any atom is -0.397 e. The van der Waals surface area contributed by atoms with Crippen LogP contribution in [0.15, 0.2) is 72.9 Å². The quantitative estimate of drug-likeness (QED) is 0.586. The molecule has 2 fully saturated rings. The van der Waals surface area contributed by atoms with Gasteiger partial charge in [-0.05, 0) is 49.2 Å². The first-order valence-electron chi connectivity index (χ1n) is 11.4. The minimum atomic E-state index is -0.526. The number of pyridine rings is 1. The summed E-state index contributed by atoms with van der Waals surface area (Å²) < 4.78 is 0. The zero-order valence-electron chi connectivity index (χ0n) is 19.1. The Labute approximate surface area is 199 Å². The highest BCUT2D eigenvalue weighted by molar-refractivity contribution is 6.05. The third-order valence-corrected chi connectivity index (χ3v) is 6.82. The molecule has 2 saturated heterocycles. The predicted octanol–water partition coefficient (Wildman–Crippen LogP) is 3.19. The van der Waals surface area contributed by atoms with Crippen molar-refractivity contribution in [2.45, 2.75) is 18.4 Å². The maximum absolute atomic E-state index is 13.2. The third-order valence-electron chi connectivity index (χ3n) is 6.82. The first-order chi connectivity index (χ1) is 16.5. The van der Waals surface area contributed by atoms with Gasteiger partial charge < -0.3 is 25.8 Å². The monoisotopic (exact) mass is 456 g/mol. The Hall–Kier alpha value is -4.07. The van der Waals surface area contributed by atoms with Gasteiger partial charge in [0.2, 0.25) is 5.91 Å². The number of hydrogen-bond acceptors (Lipinski definition) is 6. The van der Waals surface area contributed by atoms with Crippen molar-refractivity contribution < 1.29 is 9.59 Å². The Morgan fingerprint density at radius 2 is 1.71 bits per heavy atom. The molecule has 2 amide bonds. The molecule has 5 rings (SSSR count). The van der Waals surface area contributed by atoms with Gasteiger partial charge in [-0.1, -0.05) is 30.3 Å². The minimum absolute atomic E-state index is 0.177. The van der Waals surface area contributed by atoms with Crippen LogP contribution in [-0.2, 0) is 4.79 Å². The number of rotatable bonds is 4. The number of carbonyl (C=O) groups excluding carboxylic acids is 2. The molecule has 0 aliphatic carbocycles. The third kappa shape index (κ3) is 3.81. The number of likely N-dealkylation sites (N-methyl/N-ethyl adjacent to an activating group) is 1. The van der Waals surface area contributed by atoms with Crippen LogP contribution in [0.1, 0.15) is 23.2 Å². The molecular weight excluding hydrogens is 428 g/mol. The Balaban J connectivity index is 1.28. The number of amides is 2. The Morgan fingerprint density at radius 1 is 1.00 bits per heavy atom. The van der Waals surface area contributed by atoms with Crippen LogP contribution in [0.25, 0.3) is 0 Å². The van der Waals surface area contributed by atoms with E-state index in [2.05, 4.69) is 32.2 Å². The Kier molecular flexibility index (Phi) is 5.57. The number of carbonyl (C=O) groups is 2. The van der Waals surface area contributed by atoms with E-state index in [-0.39, 0.29) is 11.8 Å². The van der Waals surface area contributed by atoms with Crippen LogP contribution in [0.3, 0.4) is 0 Å². The largest absolute Gasteiger partial charge is 0.397 e.